The lowest BCUT2D eigenvalue weighted by atomic mass is 10.1. The van der Waals surface area contributed by atoms with E-state index in [1.54, 1.807) is 25.2 Å². The van der Waals surface area contributed by atoms with Crippen LogP contribution in [0.3, 0.4) is 0 Å². The van der Waals surface area contributed by atoms with Crippen LogP contribution in [0.1, 0.15) is 5.56 Å². The molecule has 4 N–H and O–H groups in total. The zero-order chi connectivity index (χ0) is 23.3. The smallest absolute Gasteiger partial charge is 0.372 e. The monoisotopic (exact) mass is 507 g/mol. The molecule has 0 radical (unpaired) electrons. The van der Waals surface area contributed by atoms with Gasteiger partial charge in [-0.2, -0.15) is 13.2 Å². The molecule has 0 spiro atoms. The normalized spacial score (nSPS) is 15.7. The summed E-state index contributed by atoms with van der Waals surface area (Å²) < 4.78 is 57.5. The second-order valence-electron chi connectivity index (χ2n) is 6.85. The fourth-order valence-corrected chi connectivity index (χ4v) is 4.59. The third kappa shape index (κ3) is 6.38. The second-order valence-corrected chi connectivity index (χ2v) is 9.15. The number of alkyl halides is 3. The van der Waals surface area contributed by atoms with Crippen molar-refractivity contribution in [3.8, 4) is 0 Å². The van der Waals surface area contributed by atoms with Crippen LogP contribution >= 0.6 is 35.3 Å². The first-order chi connectivity index (χ1) is 15.2. The van der Waals surface area contributed by atoms with E-state index in [0.717, 1.165) is 24.1 Å². The van der Waals surface area contributed by atoms with E-state index in [1.807, 2.05) is 5.41 Å². The van der Waals surface area contributed by atoms with E-state index in [4.69, 9.17) is 11.6 Å². The van der Waals surface area contributed by atoms with Gasteiger partial charge >= 0.3 is 6.18 Å². The number of hydrogen-bond donors (Lipinski definition) is 4. The molecular formula is C20H22ClF4N5S2. The first-order valence-electron chi connectivity index (χ1n) is 9.51. The number of benzene rings is 2. The van der Waals surface area contributed by atoms with E-state index in [-0.39, 0.29) is 16.2 Å². The zero-order valence-corrected chi connectivity index (χ0v) is 19.6. The van der Waals surface area contributed by atoms with Crippen LogP contribution in [-0.4, -0.2) is 32.7 Å². The fourth-order valence-electron chi connectivity index (χ4n) is 2.84. The molecule has 32 heavy (non-hydrogen) atoms. The van der Waals surface area contributed by atoms with Gasteiger partial charge < -0.3 is 20.9 Å². The summed E-state index contributed by atoms with van der Waals surface area (Å²) >= 11 is 8.96. The Labute approximate surface area is 197 Å². The minimum absolute atomic E-state index is 0.0844. The molecule has 0 fully saturated rings. The van der Waals surface area contributed by atoms with Gasteiger partial charge in [-0.05, 0) is 48.7 Å². The van der Waals surface area contributed by atoms with E-state index in [9.17, 15) is 17.6 Å². The van der Waals surface area contributed by atoms with Crippen molar-refractivity contribution >= 4 is 52.4 Å². The van der Waals surface area contributed by atoms with Gasteiger partial charge in [0, 0.05) is 32.4 Å². The molecule has 1 aliphatic heterocycles. The Balaban J connectivity index is 1.83. The molecule has 1 atom stereocenters. The lowest BCUT2D eigenvalue weighted by molar-refractivity contribution is -0.137. The molecule has 12 heteroatoms. The Kier molecular flexibility index (Phi) is 8.45. The first kappa shape index (κ1) is 24.8. The molecule has 2 aromatic rings. The maximum absolute atomic E-state index is 14.7. The van der Waals surface area contributed by atoms with Crippen molar-refractivity contribution in [2.24, 2.45) is 0 Å². The summed E-state index contributed by atoms with van der Waals surface area (Å²) in [4.78, 5) is 1.99. The third-order valence-corrected chi connectivity index (χ3v) is 6.70. The van der Waals surface area contributed by atoms with Gasteiger partial charge in [0.2, 0.25) is 0 Å². The zero-order valence-electron chi connectivity index (χ0n) is 17.2. The molecule has 3 rings (SSSR count). The van der Waals surface area contributed by atoms with Crippen molar-refractivity contribution in [1.29, 1.82) is 0 Å². The Morgan fingerprint density at radius 3 is 2.66 bits per heavy atom. The third-order valence-electron chi connectivity index (χ3n) is 4.53. The standard InChI is InChI=1S/C20H22ClF4N5S2/c1-26-5-7-30(2)17-9-12(20(23,24)25)3-4-15(17)28-16-11-14(22)18(10-13(16)21)32-29-19-27-6-8-31-19/h3-4,6,8-11,19,26-29H,5,7H2,1-2H3. The van der Waals surface area contributed by atoms with Crippen molar-refractivity contribution in [3.05, 3.63) is 58.3 Å². The minimum Gasteiger partial charge on any atom is -0.372 e. The lowest BCUT2D eigenvalue weighted by Crippen LogP contribution is -2.28. The number of nitrogens with zero attached hydrogens (tertiary/aromatic N) is 1. The average molecular weight is 508 g/mol. The van der Waals surface area contributed by atoms with Crippen molar-refractivity contribution in [2.75, 3.05) is 37.4 Å². The van der Waals surface area contributed by atoms with Crippen molar-refractivity contribution in [2.45, 2.75) is 16.6 Å². The minimum atomic E-state index is -4.48. The number of anilines is 3. The predicted molar refractivity (Wildman–Crippen MR) is 126 cm³/mol. The molecule has 1 heterocycles. The highest BCUT2D eigenvalue weighted by Crippen LogP contribution is 2.38. The van der Waals surface area contributed by atoms with Crippen molar-refractivity contribution in [1.82, 2.24) is 15.4 Å². The van der Waals surface area contributed by atoms with Gasteiger partial charge in [-0.1, -0.05) is 23.4 Å². The molecule has 5 nitrogen and oxygen atoms in total. The molecule has 1 unspecified atom stereocenters. The molecule has 0 amide bonds. The Bertz CT molecular complexity index is 966. The summed E-state index contributed by atoms with van der Waals surface area (Å²) in [6.07, 6.45) is -2.69. The lowest BCUT2D eigenvalue weighted by Gasteiger charge is -2.24. The molecule has 0 aliphatic carbocycles. The number of likely N-dealkylation sites (N-methyl/N-ethyl adjacent to an activating group) is 2. The van der Waals surface area contributed by atoms with Gasteiger partial charge in [-0.25, -0.2) is 9.11 Å². The van der Waals surface area contributed by atoms with Crippen LogP contribution in [0.2, 0.25) is 5.02 Å². The van der Waals surface area contributed by atoms with Crippen molar-refractivity contribution in [3.63, 3.8) is 0 Å². The molecule has 0 saturated carbocycles. The van der Waals surface area contributed by atoms with Crippen LogP contribution in [0.25, 0.3) is 0 Å². The maximum atomic E-state index is 14.7. The quantitative estimate of drug-likeness (QED) is 0.261. The Morgan fingerprint density at radius 2 is 2.00 bits per heavy atom. The van der Waals surface area contributed by atoms with Crippen LogP contribution in [-0.2, 0) is 6.18 Å². The Hall–Kier alpha value is -1.79. The summed E-state index contributed by atoms with van der Waals surface area (Å²) in [5.74, 6) is -0.512. The molecule has 2 aromatic carbocycles. The molecule has 0 bridgehead atoms. The number of nitrogens with one attached hydrogen (secondary N) is 4. The predicted octanol–water partition coefficient (Wildman–Crippen LogP) is 5.59. The highest BCUT2D eigenvalue weighted by Gasteiger charge is 2.31. The highest BCUT2D eigenvalue weighted by molar-refractivity contribution is 8.04. The van der Waals surface area contributed by atoms with E-state index in [1.165, 1.54) is 30.0 Å². The summed E-state index contributed by atoms with van der Waals surface area (Å²) in [5.41, 5.74) is 0.111. The van der Waals surface area contributed by atoms with Gasteiger partial charge in [-0.3, -0.25) is 0 Å². The van der Waals surface area contributed by atoms with Crippen LogP contribution in [0.15, 0.2) is 46.8 Å². The summed E-state index contributed by atoms with van der Waals surface area (Å²) in [6.45, 7) is 1.04. The van der Waals surface area contributed by atoms with Crippen LogP contribution in [0.4, 0.5) is 34.6 Å². The average Bonchev–Trinajstić information content (AvgIpc) is 3.26. The number of thioether (sulfide) groups is 1. The van der Waals surface area contributed by atoms with Crippen LogP contribution in [0, 0.1) is 5.82 Å². The van der Waals surface area contributed by atoms with E-state index in [0.29, 0.717) is 29.4 Å². The maximum Gasteiger partial charge on any atom is 0.416 e. The first-order valence-corrected chi connectivity index (χ1v) is 11.6. The van der Waals surface area contributed by atoms with E-state index in [2.05, 4.69) is 20.7 Å². The van der Waals surface area contributed by atoms with Crippen LogP contribution < -0.4 is 25.6 Å². The molecule has 0 saturated heterocycles. The van der Waals surface area contributed by atoms with Crippen LogP contribution in [0.5, 0.6) is 0 Å². The topological polar surface area (TPSA) is 51.4 Å². The fraction of sp³-hybridized carbons (Fsp3) is 0.300. The SMILES string of the molecule is CNCCN(C)c1cc(C(F)(F)F)ccc1Nc1cc(F)c(SNC2NC=CS2)cc1Cl. The van der Waals surface area contributed by atoms with Gasteiger partial charge in [0.25, 0.3) is 0 Å². The molecule has 174 valence electrons. The summed E-state index contributed by atoms with van der Waals surface area (Å²) in [5, 5.41) is 11.1. The molecular weight excluding hydrogens is 486 g/mol. The van der Waals surface area contributed by atoms with Gasteiger partial charge in [-0.15, -0.1) is 0 Å². The largest absolute Gasteiger partial charge is 0.416 e. The number of rotatable bonds is 9. The Morgan fingerprint density at radius 1 is 1.22 bits per heavy atom. The van der Waals surface area contributed by atoms with Crippen molar-refractivity contribution < 1.29 is 17.6 Å². The second kappa shape index (κ2) is 10.9. The summed E-state index contributed by atoms with van der Waals surface area (Å²) in [7, 11) is 3.45. The molecule has 1 aliphatic rings. The van der Waals surface area contributed by atoms with E-state index >= 15 is 0 Å². The number of hydrogen-bond acceptors (Lipinski definition) is 7. The summed E-state index contributed by atoms with van der Waals surface area (Å²) in [6, 6.07) is 6.07. The van der Waals surface area contributed by atoms with Gasteiger partial charge in [0.15, 0.2) is 0 Å². The van der Waals surface area contributed by atoms with E-state index < -0.39 is 17.6 Å². The van der Waals surface area contributed by atoms with Gasteiger partial charge in [0.1, 0.15) is 11.3 Å². The highest BCUT2D eigenvalue weighted by atomic mass is 35.5. The molecule has 0 aromatic heterocycles. The number of halogens is 5. The van der Waals surface area contributed by atoms with Gasteiger partial charge in [0.05, 0.1) is 32.5 Å².